The van der Waals surface area contributed by atoms with Gasteiger partial charge in [-0.15, -0.1) is 0 Å². The standard InChI is InChI=1S/C24H20O10/c25-16-6-12(7-17(26)21(16)29)23(31)33-14-5-11-3-1-2-4-15(11)20(10-14)34-24(32)13-8-18(27)22(30)19(28)9-13/h5-10,25-30H,1-4H2. The highest BCUT2D eigenvalue weighted by Gasteiger charge is 2.23. The van der Waals surface area contributed by atoms with E-state index in [1.54, 1.807) is 6.07 Å². The maximum absolute atomic E-state index is 12.7. The molecule has 0 unspecified atom stereocenters. The molecular formula is C24H20O10. The SMILES string of the molecule is O=C(Oc1cc2c(c(OC(=O)c3cc(O)c(O)c(O)c3)c1)CCCC2)c1cc(O)c(O)c(O)c1. The van der Waals surface area contributed by atoms with Crippen molar-refractivity contribution in [3.8, 4) is 46.0 Å². The number of benzene rings is 3. The number of phenolic OH excluding ortho intramolecular Hbond substituents is 6. The summed E-state index contributed by atoms with van der Waals surface area (Å²) in [6.45, 7) is 0. The third-order valence-corrected chi connectivity index (χ3v) is 5.42. The number of ether oxygens (including phenoxy) is 2. The molecule has 176 valence electrons. The van der Waals surface area contributed by atoms with E-state index in [2.05, 4.69) is 0 Å². The molecule has 0 aromatic heterocycles. The molecule has 1 aliphatic carbocycles. The molecule has 10 heteroatoms. The van der Waals surface area contributed by atoms with Crippen molar-refractivity contribution in [1.82, 2.24) is 0 Å². The minimum absolute atomic E-state index is 0.0388. The van der Waals surface area contributed by atoms with Crippen LogP contribution in [0.4, 0.5) is 0 Å². The van der Waals surface area contributed by atoms with Gasteiger partial charge in [-0.1, -0.05) is 0 Å². The fraction of sp³-hybridized carbons (Fsp3) is 0.167. The molecule has 0 amide bonds. The van der Waals surface area contributed by atoms with E-state index < -0.39 is 46.4 Å². The Bertz CT molecular complexity index is 1270. The summed E-state index contributed by atoms with van der Waals surface area (Å²) >= 11 is 0. The monoisotopic (exact) mass is 468 g/mol. The molecule has 34 heavy (non-hydrogen) atoms. The van der Waals surface area contributed by atoms with Gasteiger partial charge < -0.3 is 40.1 Å². The van der Waals surface area contributed by atoms with Crippen molar-refractivity contribution in [1.29, 1.82) is 0 Å². The van der Waals surface area contributed by atoms with Crippen LogP contribution in [0, 0.1) is 0 Å². The number of carbonyl (C=O) groups excluding carboxylic acids is 2. The number of fused-ring (bicyclic) bond motifs is 1. The van der Waals surface area contributed by atoms with Gasteiger partial charge in [-0.05, 0) is 67.1 Å². The molecule has 10 nitrogen and oxygen atoms in total. The number of carbonyl (C=O) groups is 2. The van der Waals surface area contributed by atoms with E-state index in [-0.39, 0.29) is 22.6 Å². The van der Waals surface area contributed by atoms with Gasteiger partial charge in [0.05, 0.1) is 11.1 Å². The topological polar surface area (TPSA) is 174 Å². The summed E-state index contributed by atoms with van der Waals surface area (Å²) in [5.74, 6) is -6.04. The summed E-state index contributed by atoms with van der Waals surface area (Å²) in [5, 5.41) is 57.5. The molecule has 1 aliphatic rings. The molecule has 4 rings (SSSR count). The van der Waals surface area contributed by atoms with Gasteiger partial charge >= 0.3 is 11.9 Å². The Balaban J connectivity index is 1.65. The Morgan fingerprint density at radius 2 is 1.09 bits per heavy atom. The molecule has 0 fully saturated rings. The molecule has 3 aromatic rings. The maximum Gasteiger partial charge on any atom is 0.343 e. The zero-order valence-electron chi connectivity index (χ0n) is 17.6. The van der Waals surface area contributed by atoms with Crippen molar-refractivity contribution in [2.24, 2.45) is 0 Å². The number of rotatable bonds is 4. The van der Waals surface area contributed by atoms with Crippen LogP contribution in [0.15, 0.2) is 36.4 Å². The van der Waals surface area contributed by atoms with Gasteiger partial charge in [0.2, 0.25) is 0 Å². The van der Waals surface area contributed by atoms with Crippen molar-refractivity contribution in [3.63, 3.8) is 0 Å². The fourth-order valence-electron chi connectivity index (χ4n) is 3.72. The molecule has 0 heterocycles. The lowest BCUT2D eigenvalue weighted by atomic mass is 9.91. The summed E-state index contributed by atoms with van der Waals surface area (Å²) in [5.41, 5.74) is 1.10. The van der Waals surface area contributed by atoms with E-state index in [9.17, 15) is 40.2 Å². The zero-order valence-corrected chi connectivity index (χ0v) is 17.6. The van der Waals surface area contributed by atoms with Crippen LogP contribution in [0.25, 0.3) is 0 Å². The highest BCUT2D eigenvalue weighted by Crippen LogP contribution is 2.39. The van der Waals surface area contributed by atoms with Crippen LogP contribution in [0.2, 0.25) is 0 Å². The summed E-state index contributed by atoms with van der Waals surface area (Å²) in [4.78, 5) is 25.2. The summed E-state index contributed by atoms with van der Waals surface area (Å²) in [6, 6.07) is 6.71. The van der Waals surface area contributed by atoms with E-state index in [0.717, 1.165) is 48.2 Å². The quantitative estimate of drug-likeness (QED) is 0.189. The van der Waals surface area contributed by atoms with Crippen molar-refractivity contribution >= 4 is 11.9 Å². The molecule has 0 saturated heterocycles. The molecular weight excluding hydrogens is 448 g/mol. The number of hydrogen-bond acceptors (Lipinski definition) is 10. The predicted molar refractivity (Wildman–Crippen MR) is 116 cm³/mol. The van der Waals surface area contributed by atoms with E-state index in [0.29, 0.717) is 12.8 Å². The molecule has 0 aliphatic heterocycles. The van der Waals surface area contributed by atoms with Crippen LogP contribution in [-0.2, 0) is 12.8 Å². The van der Waals surface area contributed by atoms with Gasteiger partial charge in [-0.25, -0.2) is 9.59 Å². The van der Waals surface area contributed by atoms with Crippen LogP contribution in [-0.4, -0.2) is 42.6 Å². The summed E-state index contributed by atoms with van der Waals surface area (Å²) in [7, 11) is 0. The largest absolute Gasteiger partial charge is 0.504 e. The molecule has 0 saturated carbocycles. The van der Waals surface area contributed by atoms with Crippen LogP contribution in [0.5, 0.6) is 46.0 Å². The molecule has 6 N–H and O–H groups in total. The smallest absolute Gasteiger partial charge is 0.343 e. The molecule has 0 spiro atoms. The first-order valence-corrected chi connectivity index (χ1v) is 10.2. The van der Waals surface area contributed by atoms with Gasteiger partial charge in [0, 0.05) is 6.07 Å². The van der Waals surface area contributed by atoms with E-state index >= 15 is 0 Å². The second kappa shape index (κ2) is 8.74. The number of hydrogen-bond donors (Lipinski definition) is 6. The Morgan fingerprint density at radius 3 is 1.62 bits per heavy atom. The molecule has 3 aromatic carbocycles. The van der Waals surface area contributed by atoms with Crippen molar-refractivity contribution in [2.75, 3.05) is 0 Å². The number of aryl methyl sites for hydroxylation is 1. The Morgan fingerprint density at radius 1 is 0.618 bits per heavy atom. The zero-order chi connectivity index (χ0) is 24.6. The first kappa shape index (κ1) is 22.6. The fourth-order valence-corrected chi connectivity index (χ4v) is 3.72. The van der Waals surface area contributed by atoms with Crippen LogP contribution >= 0.6 is 0 Å². The summed E-state index contributed by atoms with van der Waals surface area (Å²) in [6.07, 6.45) is 2.98. The Labute approximate surface area is 192 Å². The highest BCUT2D eigenvalue weighted by molar-refractivity contribution is 5.94. The average molecular weight is 468 g/mol. The van der Waals surface area contributed by atoms with E-state index in [1.165, 1.54) is 6.07 Å². The van der Waals surface area contributed by atoms with E-state index in [4.69, 9.17) is 9.47 Å². The second-order valence-corrected chi connectivity index (χ2v) is 7.77. The second-order valence-electron chi connectivity index (χ2n) is 7.77. The lowest BCUT2D eigenvalue weighted by Crippen LogP contribution is -2.14. The third-order valence-electron chi connectivity index (χ3n) is 5.42. The van der Waals surface area contributed by atoms with Crippen LogP contribution in [0.3, 0.4) is 0 Å². The number of aromatic hydroxyl groups is 6. The van der Waals surface area contributed by atoms with Gasteiger partial charge in [0.15, 0.2) is 34.5 Å². The predicted octanol–water partition coefficient (Wildman–Crippen LogP) is 3.24. The van der Waals surface area contributed by atoms with Crippen molar-refractivity contribution < 1.29 is 49.7 Å². The minimum atomic E-state index is -0.938. The molecule has 0 bridgehead atoms. The first-order chi connectivity index (χ1) is 16.1. The van der Waals surface area contributed by atoms with Gasteiger partial charge in [-0.2, -0.15) is 0 Å². The van der Waals surface area contributed by atoms with Crippen molar-refractivity contribution in [3.05, 3.63) is 58.7 Å². The third kappa shape index (κ3) is 4.33. The number of esters is 2. The van der Waals surface area contributed by atoms with E-state index in [1.807, 2.05) is 0 Å². The summed E-state index contributed by atoms with van der Waals surface area (Å²) < 4.78 is 10.8. The molecule has 0 atom stereocenters. The van der Waals surface area contributed by atoms with Gasteiger partial charge in [0.1, 0.15) is 11.5 Å². The Kier molecular flexibility index (Phi) is 5.80. The normalized spacial score (nSPS) is 12.6. The number of phenols is 6. The Hall–Kier alpha value is -4.60. The molecule has 0 radical (unpaired) electrons. The van der Waals surface area contributed by atoms with Gasteiger partial charge in [-0.3, -0.25) is 0 Å². The first-order valence-electron chi connectivity index (χ1n) is 10.2. The highest BCUT2D eigenvalue weighted by atomic mass is 16.5. The van der Waals surface area contributed by atoms with Crippen LogP contribution in [0.1, 0.15) is 44.7 Å². The average Bonchev–Trinajstić information content (AvgIpc) is 2.80. The van der Waals surface area contributed by atoms with Gasteiger partial charge in [0.25, 0.3) is 0 Å². The minimum Gasteiger partial charge on any atom is -0.504 e. The van der Waals surface area contributed by atoms with Crippen LogP contribution < -0.4 is 9.47 Å². The lowest BCUT2D eigenvalue weighted by Gasteiger charge is -2.20. The van der Waals surface area contributed by atoms with Crippen molar-refractivity contribution in [2.45, 2.75) is 25.7 Å². The lowest BCUT2D eigenvalue weighted by molar-refractivity contribution is 0.0729. The maximum atomic E-state index is 12.7.